The van der Waals surface area contributed by atoms with Gasteiger partial charge >= 0.3 is 11.9 Å². The zero-order chi connectivity index (χ0) is 19.4. The van der Waals surface area contributed by atoms with Crippen LogP contribution in [0.5, 0.6) is 0 Å². The number of cyclic esters (lactones) is 2. The number of rotatable bonds is 5. The summed E-state index contributed by atoms with van der Waals surface area (Å²) in [6.07, 6.45) is 4.67. The van der Waals surface area contributed by atoms with Gasteiger partial charge in [-0.2, -0.15) is 0 Å². The molecular weight excluding hydrogens is 348 g/mol. The first-order chi connectivity index (χ1) is 12.8. The van der Waals surface area contributed by atoms with Crippen LogP contribution in [-0.4, -0.2) is 41.6 Å². The molecular formula is C20H24N2O5. The van der Waals surface area contributed by atoms with Crippen LogP contribution in [0.15, 0.2) is 36.0 Å². The molecule has 2 aliphatic heterocycles. The Morgan fingerprint density at radius 3 is 2.30 bits per heavy atom. The third-order valence-corrected chi connectivity index (χ3v) is 4.54. The van der Waals surface area contributed by atoms with Crippen LogP contribution in [-0.2, 0) is 30.3 Å². The molecule has 1 amide bonds. The van der Waals surface area contributed by atoms with Crippen molar-refractivity contribution in [3.63, 3.8) is 0 Å². The van der Waals surface area contributed by atoms with E-state index >= 15 is 0 Å². The topological polar surface area (TPSA) is 84.9 Å². The molecule has 2 aliphatic rings. The fraction of sp³-hybridized carbons (Fsp3) is 0.450. The van der Waals surface area contributed by atoms with Crippen LogP contribution in [0.4, 0.5) is 5.69 Å². The number of likely N-dealkylation sites (tertiary alicyclic amines) is 1. The number of ether oxygens (including phenoxy) is 2. The Labute approximate surface area is 158 Å². The second-order valence-corrected chi connectivity index (χ2v) is 7.17. The van der Waals surface area contributed by atoms with E-state index in [2.05, 4.69) is 5.32 Å². The van der Waals surface area contributed by atoms with Crippen molar-refractivity contribution in [2.75, 3.05) is 18.4 Å². The molecule has 7 nitrogen and oxygen atoms in total. The van der Waals surface area contributed by atoms with Crippen molar-refractivity contribution in [3.05, 3.63) is 41.6 Å². The summed E-state index contributed by atoms with van der Waals surface area (Å²) < 4.78 is 10.1. The van der Waals surface area contributed by atoms with E-state index in [1.807, 2.05) is 29.2 Å². The van der Waals surface area contributed by atoms with E-state index in [9.17, 15) is 14.4 Å². The number of esters is 2. The molecule has 27 heavy (non-hydrogen) atoms. The number of benzene rings is 1. The minimum atomic E-state index is -1.25. The van der Waals surface area contributed by atoms with Crippen molar-refractivity contribution in [2.24, 2.45) is 0 Å². The molecule has 0 aliphatic carbocycles. The normalized spacial score (nSPS) is 18.7. The highest BCUT2D eigenvalue weighted by Crippen LogP contribution is 2.23. The average Bonchev–Trinajstić information content (AvgIpc) is 3.13. The highest BCUT2D eigenvalue weighted by Gasteiger charge is 2.38. The largest absolute Gasteiger partial charge is 0.419 e. The van der Waals surface area contributed by atoms with Gasteiger partial charge in [-0.15, -0.1) is 0 Å². The lowest BCUT2D eigenvalue weighted by atomic mass is 10.1. The van der Waals surface area contributed by atoms with Crippen LogP contribution >= 0.6 is 0 Å². The molecule has 2 fully saturated rings. The number of anilines is 1. The number of carbonyl (C=O) groups excluding carboxylic acids is 3. The molecule has 2 saturated heterocycles. The molecule has 0 saturated carbocycles. The molecule has 3 rings (SSSR count). The zero-order valence-corrected chi connectivity index (χ0v) is 15.6. The van der Waals surface area contributed by atoms with Crippen LogP contribution in [0.25, 0.3) is 0 Å². The highest BCUT2D eigenvalue weighted by molar-refractivity contribution is 6.15. The average molecular weight is 372 g/mol. The van der Waals surface area contributed by atoms with E-state index in [-0.39, 0.29) is 11.5 Å². The van der Waals surface area contributed by atoms with Gasteiger partial charge in [0, 0.05) is 45.2 Å². The number of hydrogen-bond donors (Lipinski definition) is 1. The van der Waals surface area contributed by atoms with Crippen molar-refractivity contribution in [2.45, 2.75) is 45.3 Å². The molecule has 2 heterocycles. The number of amides is 1. The Kier molecular flexibility index (Phi) is 5.48. The summed E-state index contributed by atoms with van der Waals surface area (Å²) in [6.45, 7) is 4.75. The molecule has 0 bridgehead atoms. The Morgan fingerprint density at radius 2 is 1.70 bits per heavy atom. The SMILES string of the molecule is CC1(C)OC(=O)C(=CNc2ccc(CCC(=O)N3CCCC3)cc2)C(=O)O1. The lowest BCUT2D eigenvalue weighted by molar-refractivity contribution is -0.222. The summed E-state index contributed by atoms with van der Waals surface area (Å²) in [5.41, 5.74) is 1.58. The van der Waals surface area contributed by atoms with Gasteiger partial charge in [-0.05, 0) is 37.0 Å². The third-order valence-electron chi connectivity index (χ3n) is 4.54. The third kappa shape index (κ3) is 4.87. The van der Waals surface area contributed by atoms with Gasteiger partial charge in [0.1, 0.15) is 0 Å². The molecule has 1 N–H and O–H groups in total. The summed E-state index contributed by atoms with van der Waals surface area (Å²) in [6, 6.07) is 7.49. The number of nitrogens with one attached hydrogen (secondary N) is 1. The lowest BCUT2D eigenvalue weighted by Crippen LogP contribution is -2.42. The minimum Gasteiger partial charge on any atom is -0.419 e. The Bertz CT molecular complexity index is 739. The van der Waals surface area contributed by atoms with E-state index in [1.54, 1.807) is 0 Å². The van der Waals surface area contributed by atoms with Crippen molar-refractivity contribution >= 4 is 23.5 Å². The number of carbonyl (C=O) groups is 3. The summed E-state index contributed by atoms with van der Waals surface area (Å²) in [5, 5.41) is 2.90. The van der Waals surface area contributed by atoms with Gasteiger partial charge in [0.15, 0.2) is 5.57 Å². The highest BCUT2D eigenvalue weighted by atomic mass is 16.7. The Hall–Kier alpha value is -2.83. The summed E-state index contributed by atoms with van der Waals surface area (Å²) in [7, 11) is 0. The molecule has 7 heteroatoms. The van der Waals surface area contributed by atoms with E-state index in [0.29, 0.717) is 18.5 Å². The summed E-state index contributed by atoms with van der Waals surface area (Å²) >= 11 is 0. The van der Waals surface area contributed by atoms with E-state index in [1.165, 1.54) is 20.0 Å². The number of aryl methyl sites for hydroxylation is 1. The van der Waals surface area contributed by atoms with Gasteiger partial charge in [0.05, 0.1) is 0 Å². The van der Waals surface area contributed by atoms with E-state index < -0.39 is 17.7 Å². The van der Waals surface area contributed by atoms with Crippen LogP contribution < -0.4 is 5.32 Å². The van der Waals surface area contributed by atoms with Crippen LogP contribution in [0.3, 0.4) is 0 Å². The quantitative estimate of drug-likeness (QED) is 0.485. The molecule has 0 spiro atoms. The molecule has 0 aromatic heterocycles. The zero-order valence-electron chi connectivity index (χ0n) is 15.6. The Morgan fingerprint density at radius 1 is 1.11 bits per heavy atom. The standard InChI is InChI=1S/C20H24N2O5/c1-20(2)26-18(24)16(19(25)27-20)13-21-15-8-5-14(6-9-15)7-10-17(23)22-11-3-4-12-22/h5-6,8-9,13,21H,3-4,7,10-12H2,1-2H3. The fourth-order valence-electron chi connectivity index (χ4n) is 3.08. The van der Waals surface area contributed by atoms with Gasteiger partial charge in [0.25, 0.3) is 5.79 Å². The van der Waals surface area contributed by atoms with Gasteiger partial charge in [-0.3, -0.25) is 4.79 Å². The fourth-order valence-corrected chi connectivity index (χ4v) is 3.08. The molecule has 0 atom stereocenters. The number of hydrogen-bond acceptors (Lipinski definition) is 6. The molecule has 144 valence electrons. The summed E-state index contributed by atoms with van der Waals surface area (Å²) in [5.74, 6) is -2.49. The van der Waals surface area contributed by atoms with Gasteiger partial charge in [-0.25, -0.2) is 9.59 Å². The van der Waals surface area contributed by atoms with Crippen LogP contribution in [0.2, 0.25) is 0 Å². The predicted molar refractivity (Wildman–Crippen MR) is 98.5 cm³/mol. The van der Waals surface area contributed by atoms with Crippen LogP contribution in [0.1, 0.15) is 38.7 Å². The van der Waals surface area contributed by atoms with Crippen molar-refractivity contribution in [1.82, 2.24) is 4.90 Å². The molecule has 1 aromatic carbocycles. The first kappa shape index (κ1) is 18.9. The maximum absolute atomic E-state index is 12.1. The molecule has 1 aromatic rings. The summed E-state index contributed by atoms with van der Waals surface area (Å²) in [4.78, 5) is 37.8. The smallest absolute Gasteiger partial charge is 0.350 e. The number of nitrogens with zero attached hydrogens (tertiary/aromatic N) is 1. The monoisotopic (exact) mass is 372 g/mol. The van der Waals surface area contributed by atoms with Gasteiger partial charge in [-0.1, -0.05) is 12.1 Å². The van der Waals surface area contributed by atoms with Crippen molar-refractivity contribution in [3.8, 4) is 0 Å². The second kappa shape index (κ2) is 7.82. The first-order valence-electron chi connectivity index (χ1n) is 9.14. The minimum absolute atomic E-state index is 0.186. The predicted octanol–water partition coefficient (Wildman–Crippen LogP) is 2.37. The van der Waals surface area contributed by atoms with Crippen LogP contribution in [0, 0.1) is 0 Å². The first-order valence-corrected chi connectivity index (χ1v) is 9.14. The maximum atomic E-state index is 12.1. The lowest BCUT2D eigenvalue weighted by Gasteiger charge is -2.29. The molecule has 0 unspecified atom stereocenters. The molecule has 0 radical (unpaired) electrons. The van der Waals surface area contributed by atoms with Crippen molar-refractivity contribution < 1.29 is 23.9 Å². The second-order valence-electron chi connectivity index (χ2n) is 7.17. The van der Waals surface area contributed by atoms with Gasteiger partial charge < -0.3 is 19.7 Å². The van der Waals surface area contributed by atoms with Crippen molar-refractivity contribution in [1.29, 1.82) is 0 Å². The Balaban J connectivity index is 1.54. The maximum Gasteiger partial charge on any atom is 0.350 e. The van der Waals surface area contributed by atoms with Gasteiger partial charge in [0.2, 0.25) is 5.91 Å². The van der Waals surface area contributed by atoms with E-state index in [0.717, 1.165) is 31.5 Å². The van der Waals surface area contributed by atoms with E-state index in [4.69, 9.17) is 9.47 Å².